The molecule has 110 valence electrons. The van der Waals surface area contributed by atoms with Crippen molar-refractivity contribution >= 4 is 11.6 Å². The zero-order valence-electron chi connectivity index (χ0n) is 11.3. The summed E-state index contributed by atoms with van der Waals surface area (Å²) in [5.74, 6) is -1.37. The van der Waals surface area contributed by atoms with Crippen LogP contribution in [0.5, 0.6) is 0 Å². The number of benzene rings is 1. The summed E-state index contributed by atoms with van der Waals surface area (Å²) in [7, 11) is 0. The van der Waals surface area contributed by atoms with E-state index in [0.29, 0.717) is 0 Å². The van der Waals surface area contributed by atoms with Gasteiger partial charge in [0.1, 0.15) is 12.4 Å². The Labute approximate surface area is 120 Å². The largest absolute Gasteiger partial charge is 0.322 e. The zero-order valence-corrected chi connectivity index (χ0v) is 11.3. The molecule has 1 aromatic carbocycles. The molecule has 0 N–H and O–H groups in total. The second-order valence-corrected chi connectivity index (χ2v) is 4.98. The first-order chi connectivity index (χ1) is 10.0. The molecule has 0 spiro atoms. The van der Waals surface area contributed by atoms with E-state index in [9.17, 15) is 19.3 Å². The van der Waals surface area contributed by atoms with Gasteiger partial charge in [-0.1, -0.05) is 12.8 Å². The fourth-order valence-corrected chi connectivity index (χ4v) is 2.63. The monoisotopic (exact) mass is 291 g/mol. The summed E-state index contributed by atoms with van der Waals surface area (Å²) in [5.41, 5.74) is -0.564. The topological polar surface area (TPSA) is 87.2 Å². The number of nitriles is 1. The van der Waals surface area contributed by atoms with Crippen molar-refractivity contribution < 1.29 is 14.1 Å². The minimum Gasteiger partial charge on any atom is -0.322 e. The highest BCUT2D eigenvalue weighted by molar-refractivity contribution is 5.95. The van der Waals surface area contributed by atoms with Gasteiger partial charge >= 0.3 is 0 Å². The molecule has 1 saturated carbocycles. The zero-order chi connectivity index (χ0) is 15.4. The van der Waals surface area contributed by atoms with Crippen molar-refractivity contribution in [1.82, 2.24) is 4.90 Å². The highest BCUT2D eigenvalue weighted by Crippen LogP contribution is 2.26. The number of nitro benzene ring substituents is 1. The number of amides is 1. The highest BCUT2D eigenvalue weighted by Gasteiger charge is 2.28. The number of halogens is 1. The molecule has 7 heteroatoms. The predicted octanol–water partition coefficient (Wildman–Crippen LogP) is 2.64. The molecule has 0 aliphatic heterocycles. The number of hydrogen-bond acceptors (Lipinski definition) is 4. The molecule has 1 aliphatic carbocycles. The lowest BCUT2D eigenvalue weighted by molar-refractivity contribution is -0.385. The van der Waals surface area contributed by atoms with E-state index in [1.807, 2.05) is 6.07 Å². The minimum atomic E-state index is -0.837. The van der Waals surface area contributed by atoms with Crippen LogP contribution >= 0.6 is 0 Å². The van der Waals surface area contributed by atoms with E-state index in [-0.39, 0.29) is 18.2 Å². The van der Waals surface area contributed by atoms with Gasteiger partial charge in [-0.3, -0.25) is 14.9 Å². The lowest BCUT2D eigenvalue weighted by Crippen LogP contribution is -2.39. The van der Waals surface area contributed by atoms with Crippen LogP contribution < -0.4 is 0 Å². The lowest BCUT2D eigenvalue weighted by Gasteiger charge is -2.26. The van der Waals surface area contributed by atoms with Gasteiger partial charge < -0.3 is 4.90 Å². The Bertz CT molecular complexity index is 606. The summed E-state index contributed by atoms with van der Waals surface area (Å²) in [4.78, 5) is 23.8. The maximum atomic E-state index is 13.4. The van der Waals surface area contributed by atoms with Crippen molar-refractivity contribution in [3.63, 3.8) is 0 Å². The summed E-state index contributed by atoms with van der Waals surface area (Å²) in [6, 6.07) is 4.65. The first kappa shape index (κ1) is 14.9. The van der Waals surface area contributed by atoms with Gasteiger partial charge in [0.2, 0.25) is 0 Å². The molecule has 0 bridgehead atoms. The van der Waals surface area contributed by atoms with Gasteiger partial charge in [-0.2, -0.15) is 5.26 Å². The van der Waals surface area contributed by atoms with Crippen LogP contribution in [0, 0.1) is 27.3 Å². The first-order valence-electron chi connectivity index (χ1n) is 6.66. The van der Waals surface area contributed by atoms with Gasteiger partial charge in [0, 0.05) is 17.7 Å². The van der Waals surface area contributed by atoms with Crippen LogP contribution in [0.3, 0.4) is 0 Å². The van der Waals surface area contributed by atoms with E-state index in [0.717, 1.165) is 43.9 Å². The van der Waals surface area contributed by atoms with Gasteiger partial charge in [0.05, 0.1) is 17.1 Å². The molecule has 0 unspecified atom stereocenters. The highest BCUT2D eigenvalue weighted by atomic mass is 19.1. The Morgan fingerprint density at radius 2 is 2.10 bits per heavy atom. The summed E-state index contributed by atoms with van der Waals surface area (Å²) >= 11 is 0. The number of carbonyl (C=O) groups excluding carboxylic acids is 1. The molecule has 0 atom stereocenters. The van der Waals surface area contributed by atoms with Gasteiger partial charge in [0.15, 0.2) is 0 Å². The van der Waals surface area contributed by atoms with Crippen LogP contribution in [0.4, 0.5) is 10.1 Å². The summed E-state index contributed by atoms with van der Waals surface area (Å²) < 4.78 is 13.4. The van der Waals surface area contributed by atoms with Crippen LogP contribution in [-0.4, -0.2) is 28.3 Å². The van der Waals surface area contributed by atoms with Crippen LogP contribution in [-0.2, 0) is 0 Å². The fourth-order valence-electron chi connectivity index (χ4n) is 2.63. The third-order valence-electron chi connectivity index (χ3n) is 3.61. The Morgan fingerprint density at radius 1 is 1.43 bits per heavy atom. The molecule has 2 rings (SSSR count). The average molecular weight is 291 g/mol. The van der Waals surface area contributed by atoms with E-state index in [1.165, 1.54) is 4.90 Å². The third kappa shape index (κ3) is 3.34. The van der Waals surface area contributed by atoms with Crippen molar-refractivity contribution in [3.05, 3.63) is 39.7 Å². The molecule has 0 radical (unpaired) electrons. The summed E-state index contributed by atoms with van der Waals surface area (Å²) in [6.07, 6.45) is 3.54. The number of hydrogen-bond donors (Lipinski definition) is 0. The smallest absolute Gasteiger partial charge is 0.273 e. The normalized spacial score (nSPS) is 14.7. The molecule has 1 fully saturated rings. The van der Waals surface area contributed by atoms with E-state index in [2.05, 4.69) is 0 Å². The van der Waals surface area contributed by atoms with Crippen LogP contribution in [0.25, 0.3) is 0 Å². The molecule has 0 saturated heterocycles. The summed E-state index contributed by atoms with van der Waals surface area (Å²) in [6.45, 7) is -0.103. The van der Waals surface area contributed by atoms with Crippen molar-refractivity contribution in [2.45, 2.75) is 31.7 Å². The van der Waals surface area contributed by atoms with Gasteiger partial charge in [-0.05, 0) is 18.9 Å². The summed E-state index contributed by atoms with van der Waals surface area (Å²) in [5, 5.41) is 19.6. The molecule has 6 nitrogen and oxygen atoms in total. The Hall–Kier alpha value is -2.49. The first-order valence-corrected chi connectivity index (χ1v) is 6.66. The second-order valence-electron chi connectivity index (χ2n) is 4.98. The number of nitro groups is 1. The Balaban J connectivity index is 2.32. The number of nitrogens with zero attached hydrogens (tertiary/aromatic N) is 3. The Kier molecular flexibility index (Phi) is 4.48. The van der Waals surface area contributed by atoms with E-state index >= 15 is 0 Å². The lowest BCUT2D eigenvalue weighted by atomic mass is 10.1. The third-order valence-corrected chi connectivity index (χ3v) is 3.61. The molecule has 21 heavy (non-hydrogen) atoms. The molecule has 1 amide bonds. The molecule has 0 heterocycles. The number of non-ortho nitro benzene ring substituents is 1. The quantitative estimate of drug-likeness (QED) is 0.484. The molecule has 1 aliphatic rings. The standard InChI is InChI=1S/C14H14FN3O3/c15-11-7-10(8-13(9-11)18(20)21)14(19)17(6-5-16)12-3-1-2-4-12/h7-9,12H,1-4,6H2. The minimum absolute atomic E-state index is 0.0560. The van der Waals surface area contributed by atoms with Crippen molar-refractivity contribution in [3.8, 4) is 6.07 Å². The maximum absolute atomic E-state index is 13.4. The van der Waals surface area contributed by atoms with Gasteiger partial charge in [-0.15, -0.1) is 0 Å². The second kappa shape index (κ2) is 6.31. The molecule has 1 aromatic rings. The van der Waals surface area contributed by atoms with E-state index in [4.69, 9.17) is 5.26 Å². The molecular weight excluding hydrogens is 277 g/mol. The van der Waals surface area contributed by atoms with Crippen molar-refractivity contribution in [2.75, 3.05) is 6.54 Å². The van der Waals surface area contributed by atoms with E-state index in [1.54, 1.807) is 0 Å². The average Bonchev–Trinajstić information content (AvgIpc) is 2.97. The number of rotatable bonds is 4. The number of carbonyl (C=O) groups is 1. The van der Waals surface area contributed by atoms with E-state index < -0.39 is 22.3 Å². The molecule has 0 aromatic heterocycles. The van der Waals surface area contributed by atoms with Crippen molar-refractivity contribution in [2.24, 2.45) is 0 Å². The maximum Gasteiger partial charge on any atom is 0.273 e. The fraction of sp³-hybridized carbons (Fsp3) is 0.429. The predicted molar refractivity (Wildman–Crippen MR) is 72.0 cm³/mol. The van der Waals surface area contributed by atoms with Gasteiger partial charge in [-0.25, -0.2) is 4.39 Å². The van der Waals surface area contributed by atoms with Crippen molar-refractivity contribution in [1.29, 1.82) is 5.26 Å². The Morgan fingerprint density at radius 3 is 2.67 bits per heavy atom. The molecular formula is C14H14FN3O3. The van der Waals surface area contributed by atoms with Crippen LogP contribution in [0.15, 0.2) is 18.2 Å². The van der Waals surface area contributed by atoms with Crippen LogP contribution in [0.2, 0.25) is 0 Å². The van der Waals surface area contributed by atoms with Crippen LogP contribution in [0.1, 0.15) is 36.0 Å². The van der Waals surface area contributed by atoms with Gasteiger partial charge in [0.25, 0.3) is 11.6 Å². The SMILES string of the molecule is N#CCN(C(=O)c1cc(F)cc([N+](=O)[O-])c1)C1CCCC1.